The van der Waals surface area contributed by atoms with Gasteiger partial charge in [0.05, 0.1) is 11.8 Å². The lowest BCUT2D eigenvalue weighted by Gasteiger charge is -2.36. The summed E-state index contributed by atoms with van der Waals surface area (Å²) in [6.07, 6.45) is 4.40. The zero-order valence-electron chi connectivity index (χ0n) is 18.3. The second-order valence-electron chi connectivity index (χ2n) is 7.94. The monoisotopic (exact) mass is 447 g/mol. The van der Waals surface area contributed by atoms with Crippen LogP contribution in [0.2, 0.25) is 0 Å². The van der Waals surface area contributed by atoms with Gasteiger partial charge in [-0.25, -0.2) is 9.18 Å². The Morgan fingerprint density at radius 1 is 1.09 bits per heavy atom. The van der Waals surface area contributed by atoms with Gasteiger partial charge in [-0.3, -0.25) is 9.88 Å². The van der Waals surface area contributed by atoms with Gasteiger partial charge in [0.1, 0.15) is 18.2 Å². The van der Waals surface area contributed by atoms with Crippen molar-refractivity contribution in [2.24, 2.45) is 0 Å². The Balaban J connectivity index is 1.32. The topological polar surface area (TPSA) is 65.9 Å². The third kappa shape index (κ3) is 5.56. The third-order valence-electron chi connectivity index (χ3n) is 5.65. The van der Waals surface area contributed by atoms with Crippen LogP contribution in [0.4, 0.5) is 10.1 Å². The van der Waals surface area contributed by atoms with Gasteiger partial charge in [0.15, 0.2) is 0 Å². The van der Waals surface area contributed by atoms with Crippen molar-refractivity contribution in [3.05, 3.63) is 90.5 Å². The molecule has 170 valence electrons. The first-order chi connectivity index (χ1) is 16.0. The number of carbonyl (C=O) groups excluding carboxylic acids is 1. The van der Waals surface area contributed by atoms with Crippen LogP contribution in [0, 0.1) is 5.82 Å². The average Bonchev–Trinajstić information content (AvgIpc) is 2.83. The number of benzene rings is 2. The summed E-state index contributed by atoms with van der Waals surface area (Å²) in [7, 11) is 0. The maximum atomic E-state index is 14.7. The predicted molar refractivity (Wildman–Crippen MR) is 126 cm³/mol. The smallest absolute Gasteiger partial charge is 0.338 e. The van der Waals surface area contributed by atoms with E-state index < -0.39 is 0 Å². The molecule has 2 aromatic carbocycles. The molecule has 1 aromatic heterocycles. The maximum Gasteiger partial charge on any atom is 0.338 e. The highest BCUT2D eigenvalue weighted by Crippen LogP contribution is 2.26. The van der Waals surface area contributed by atoms with Crippen molar-refractivity contribution < 1.29 is 19.0 Å². The van der Waals surface area contributed by atoms with Gasteiger partial charge >= 0.3 is 5.97 Å². The molecule has 1 aliphatic rings. The Bertz CT molecular complexity index is 1130. The third-order valence-corrected chi connectivity index (χ3v) is 5.65. The summed E-state index contributed by atoms with van der Waals surface area (Å²) in [6, 6.07) is 14.1. The fourth-order valence-electron chi connectivity index (χ4n) is 3.91. The fraction of sp³-hybridized carbons (Fsp3) is 0.231. The van der Waals surface area contributed by atoms with Crippen LogP contribution < -0.4 is 4.90 Å². The Hall–Kier alpha value is -3.71. The Morgan fingerprint density at radius 2 is 1.85 bits per heavy atom. The molecule has 1 fully saturated rings. The van der Waals surface area contributed by atoms with Crippen molar-refractivity contribution in [2.45, 2.75) is 6.54 Å². The van der Waals surface area contributed by atoms with Crippen LogP contribution in [0.3, 0.4) is 0 Å². The minimum atomic E-state index is -0.357. The number of piperazine rings is 1. The van der Waals surface area contributed by atoms with Crippen molar-refractivity contribution in [2.75, 3.05) is 37.7 Å². The second-order valence-corrected chi connectivity index (χ2v) is 7.94. The van der Waals surface area contributed by atoms with Gasteiger partial charge in [-0.05, 0) is 42.0 Å². The van der Waals surface area contributed by atoms with E-state index >= 15 is 0 Å². The summed E-state index contributed by atoms with van der Waals surface area (Å²) >= 11 is 0. The summed E-state index contributed by atoms with van der Waals surface area (Å²) in [5, 5.41) is 9.59. The number of anilines is 1. The molecule has 1 saturated heterocycles. The summed E-state index contributed by atoms with van der Waals surface area (Å²) in [5.41, 5.74) is 3.45. The van der Waals surface area contributed by atoms with E-state index in [0.29, 0.717) is 23.2 Å². The van der Waals surface area contributed by atoms with Crippen molar-refractivity contribution in [3.8, 4) is 16.9 Å². The van der Waals surface area contributed by atoms with Crippen LogP contribution in [0.5, 0.6) is 5.75 Å². The van der Waals surface area contributed by atoms with Crippen LogP contribution in [-0.2, 0) is 11.3 Å². The zero-order valence-corrected chi connectivity index (χ0v) is 18.3. The second kappa shape index (κ2) is 10.3. The maximum absolute atomic E-state index is 14.7. The summed E-state index contributed by atoms with van der Waals surface area (Å²) in [6.45, 7) is 7.79. The van der Waals surface area contributed by atoms with Crippen molar-refractivity contribution in [1.82, 2.24) is 9.88 Å². The SMILES string of the molecule is C=CCOC(=O)c1ccc(N2CCN(Cc3ccc(-c4cncc(O)c4)c(F)c3)CC2)cc1. The van der Waals surface area contributed by atoms with Gasteiger partial charge in [-0.1, -0.05) is 24.8 Å². The average molecular weight is 448 g/mol. The van der Waals surface area contributed by atoms with E-state index in [-0.39, 0.29) is 24.1 Å². The number of hydrogen-bond donors (Lipinski definition) is 1. The van der Waals surface area contributed by atoms with E-state index in [0.717, 1.165) is 37.4 Å². The number of rotatable bonds is 7. The molecule has 0 saturated carbocycles. The standard InChI is InChI=1S/C26H26FN3O3/c1-2-13-33-26(32)20-4-6-22(7-5-20)30-11-9-29(10-12-30)18-19-3-8-24(25(27)14-19)21-15-23(31)17-28-16-21/h2-8,14-17,31H,1,9-13,18H2. The first-order valence-corrected chi connectivity index (χ1v) is 10.8. The number of halogens is 1. The molecular weight excluding hydrogens is 421 g/mol. The van der Waals surface area contributed by atoms with Crippen LogP contribution in [0.1, 0.15) is 15.9 Å². The van der Waals surface area contributed by atoms with Crippen LogP contribution in [0.25, 0.3) is 11.1 Å². The highest BCUT2D eigenvalue weighted by molar-refractivity contribution is 5.89. The minimum absolute atomic E-state index is 0.0103. The normalized spacial score (nSPS) is 14.2. The molecular formula is C26H26FN3O3. The molecule has 0 aliphatic carbocycles. The molecule has 1 N–H and O–H groups in total. The molecule has 7 heteroatoms. The number of pyridine rings is 1. The lowest BCUT2D eigenvalue weighted by molar-refractivity contribution is 0.0549. The van der Waals surface area contributed by atoms with Crippen molar-refractivity contribution >= 4 is 11.7 Å². The van der Waals surface area contributed by atoms with E-state index in [9.17, 15) is 14.3 Å². The fourth-order valence-corrected chi connectivity index (χ4v) is 3.91. The molecule has 0 bridgehead atoms. The van der Waals surface area contributed by atoms with E-state index in [1.54, 1.807) is 30.3 Å². The molecule has 0 unspecified atom stereocenters. The number of carbonyl (C=O) groups is 1. The highest BCUT2D eigenvalue weighted by Gasteiger charge is 2.18. The van der Waals surface area contributed by atoms with E-state index in [1.165, 1.54) is 18.5 Å². The van der Waals surface area contributed by atoms with Gasteiger partial charge in [0.25, 0.3) is 0 Å². The highest BCUT2D eigenvalue weighted by atomic mass is 19.1. The Kier molecular flexibility index (Phi) is 7.00. The minimum Gasteiger partial charge on any atom is -0.506 e. The number of aromatic hydroxyl groups is 1. The Labute approximate surface area is 192 Å². The van der Waals surface area contributed by atoms with Crippen molar-refractivity contribution in [3.63, 3.8) is 0 Å². The van der Waals surface area contributed by atoms with Crippen molar-refractivity contribution in [1.29, 1.82) is 0 Å². The van der Waals surface area contributed by atoms with E-state index in [2.05, 4.69) is 21.4 Å². The first-order valence-electron chi connectivity index (χ1n) is 10.8. The van der Waals surface area contributed by atoms with Gasteiger partial charge in [-0.15, -0.1) is 0 Å². The molecule has 1 aliphatic heterocycles. The van der Waals surface area contributed by atoms with E-state index in [1.807, 2.05) is 18.2 Å². The molecule has 6 nitrogen and oxygen atoms in total. The Morgan fingerprint density at radius 3 is 2.52 bits per heavy atom. The first kappa shape index (κ1) is 22.5. The lowest BCUT2D eigenvalue weighted by atomic mass is 10.0. The van der Waals surface area contributed by atoms with Crippen LogP contribution in [-0.4, -0.2) is 53.7 Å². The number of hydrogen-bond acceptors (Lipinski definition) is 6. The summed E-state index contributed by atoms with van der Waals surface area (Å²) in [5.74, 6) is -0.675. The molecule has 2 heterocycles. The molecule has 3 aromatic rings. The van der Waals surface area contributed by atoms with Crippen LogP contribution in [0.15, 0.2) is 73.6 Å². The van der Waals surface area contributed by atoms with Gasteiger partial charge in [0, 0.05) is 55.7 Å². The zero-order chi connectivity index (χ0) is 23.2. The summed E-state index contributed by atoms with van der Waals surface area (Å²) < 4.78 is 19.8. The number of ether oxygens (including phenoxy) is 1. The lowest BCUT2D eigenvalue weighted by Crippen LogP contribution is -2.46. The van der Waals surface area contributed by atoms with E-state index in [4.69, 9.17) is 4.74 Å². The number of nitrogens with zero attached hydrogens (tertiary/aromatic N) is 3. The molecule has 0 amide bonds. The van der Waals surface area contributed by atoms with Crippen LogP contribution >= 0.6 is 0 Å². The molecule has 0 radical (unpaired) electrons. The quantitative estimate of drug-likeness (QED) is 0.431. The molecule has 33 heavy (non-hydrogen) atoms. The molecule has 4 rings (SSSR count). The molecule has 0 spiro atoms. The largest absolute Gasteiger partial charge is 0.506 e. The van der Waals surface area contributed by atoms with Gasteiger partial charge < -0.3 is 14.7 Å². The van der Waals surface area contributed by atoms with Gasteiger partial charge in [0.2, 0.25) is 0 Å². The molecule has 0 atom stereocenters. The number of aromatic nitrogens is 1. The summed E-state index contributed by atoms with van der Waals surface area (Å²) in [4.78, 5) is 20.4. The number of esters is 1. The van der Waals surface area contributed by atoms with Gasteiger partial charge in [-0.2, -0.15) is 0 Å². The predicted octanol–water partition coefficient (Wildman–Crippen LogP) is 4.26.